The van der Waals surface area contributed by atoms with E-state index in [4.69, 9.17) is 5.73 Å². The summed E-state index contributed by atoms with van der Waals surface area (Å²) in [5, 5.41) is 3.16. The van der Waals surface area contributed by atoms with Crippen molar-refractivity contribution in [3.8, 4) is 0 Å². The molecule has 116 valence electrons. The molecule has 0 heterocycles. The highest BCUT2D eigenvalue weighted by Gasteiger charge is 2.20. The molecule has 4 heteroatoms. The Morgan fingerprint density at radius 3 is 2.43 bits per heavy atom. The van der Waals surface area contributed by atoms with Crippen molar-refractivity contribution >= 4 is 11.6 Å². The minimum atomic E-state index is 0.124. The molecule has 1 amide bonds. The molecule has 0 spiro atoms. The number of benzene rings is 1. The predicted octanol–water partition coefficient (Wildman–Crippen LogP) is 2.42. The Morgan fingerprint density at radius 2 is 1.90 bits per heavy atom. The molecule has 0 atom stereocenters. The standard InChI is InChI=1S/C17H27N3O/c1-13(2)20(16-9-7-14(11-18)8-10-16)12-17(21)19-15-5-3-4-6-15/h7-10,13,15H,3-6,11-12,18H2,1-2H3,(H,19,21). The van der Waals surface area contributed by atoms with Crippen molar-refractivity contribution in [3.63, 3.8) is 0 Å². The van der Waals surface area contributed by atoms with E-state index in [-0.39, 0.29) is 11.9 Å². The van der Waals surface area contributed by atoms with Gasteiger partial charge in [0.15, 0.2) is 0 Å². The smallest absolute Gasteiger partial charge is 0.239 e. The fourth-order valence-corrected chi connectivity index (χ4v) is 2.89. The van der Waals surface area contributed by atoms with E-state index in [1.807, 2.05) is 24.3 Å². The van der Waals surface area contributed by atoms with Crippen LogP contribution in [0.5, 0.6) is 0 Å². The summed E-state index contributed by atoms with van der Waals surface area (Å²) in [6.07, 6.45) is 4.72. The fraction of sp³-hybridized carbons (Fsp3) is 0.588. The van der Waals surface area contributed by atoms with Gasteiger partial charge < -0.3 is 16.0 Å². The number of hydrogen-bond donors (Lipinski definition) is 2. The Bertz CT molecular complexity index is 450. The summed E-state index contributed by atoms with van der Waals surface area (Å²) >= 11 is 0. The normalized spacial score (nSPS) is 15.4. The highest BCUT2D eigenvalue weighted by molar-refractivity contribution is 5.81. The van der Waals surface area contributed by atoms with Crippen LogP contribution >= 0.6 is 0 Å². The summed E-state index contributed by atoms with van der Waals surface area (Å²) in [5.41, 5.74) is 7.81. The zero-order chi connectivity index (χ0) is 15.2. The van der Waals surface area contributed by atoms with E-state index in [9.17, 15) is 4.79 Å². The number of nitrogens with two attached hydrogens (primary N) is 1. The van der Waals surface area contributed by atoms with Crippen LogP contribution in [0.2, 0.25) is 0 Å². The molecule has 0 saturated heterocycles. The number of anilines is 1. The maximum atomic E-state index is 12.2. The molecule has 0 bridgehead atoms. The van der Waals surface area contributed by atoms with Gasteiger partial charge >= 0.3 is 0 Å². The third-order valence-electron chi connectivity index (χ3n) is 4.16. The summed E-state index contributed by atoms with van der Waals surface area (Å²) in [6.45, 7) is 5.18. The Kier molecular flexibility index (Phi) is 5.62. The lowest BCUT2D eigenvalue weighted by Gasteiger charge is -2.29. The number of carbonyl (C=O) groups is 1. The van der Waals surface area contributed by atoms with Crippen LogP contribution < -0.4 is 16.0 Å². The molecule has 21 heavy (non-hydrogen) atoms. The fourth-order valence-electron chi connectivity index (χ4n) is 2.89. The van der Waals surface area contributed by atoms with Crippen LogP contribution in [-0.4, -0.2) is 24.5 Å². The van der Waals surface area contributed by atoms with Gasteiger partial charge in [0.25, 0.3) is 0 Å². The molecule has 1 aromatic rings. The highest BCUT2D eigenvalue weighted by atomic mass is 16.2. The first kappa shape index (κ1) is 15.8. The van der Waals surface area contributed by atoms with Crippen molar-refractivity contribution in [1.82, 2.24) is 5.32 Å². The molecule has 1 aromatic carbocycles. The largest absolute Gasteiger partial charge is 0.360 e. The molecular weight excluding hydrogens is 262 g/mol. The van der Waals surface area contributed by atoms with Crippen LogP contribution in [0.3, 0.4) is 0 Å². The summed E-state index contributed by atoms with van der Waals surface area (Å²) in [4.78, 5) is 14.4. The van der Waals surface area contributed by atoms with Crippen LogP contribution in [0.4, 0.5) is 5.69 Å². The molecule has 0 aromatic heterocycles. The van der Waals surface area contributed by atoms with E-state index in [2.05, 4.69) is 24.1 Å². The van der Waals surface area contributed by atoms with Crippen molar-refractivity contribution in [2.24, 2.45) is 5.73 Å². The highest BCUT2D eigenvalue weighted by Crippen LogP contribution is 2.19. The van der Waals surface area contributed by atoms with Crippen LogP contribution in [-0.2, 0) is 11.3 Å². The second kappa shape index (κ2) is 7.46. The lowest BCUT2D eigenvalue weighted by molar-refractivity contribution is -0.120. The lowest BCUT2D eigenvalue weighted by atomic mass is 10.1. The molecule has 1 fully saturated rings. The molecule has 1 saturated carbocycles. The van der Waals surface area contributed by atoms with Gasteiger partial charge in [0.05, 0.1) is 6.54 Å². The van der Waals surface area contributed by atoms with Crippen molar-refractivity contribution in [1.29, 1.82) is 0 Å². The number of nitrogens with zero attached hydrogens (tertiary/aromatic N) is 1. The van der Waals surface area contributed by atoms with Crippen LogP contribution in [0.25, 0.3) is 0 Å². The number of rotatable bonds is 6. The van der Waals surface area contributed by atoms with Gasteiger partial charge in [-0.15, -0.1) is 0 Å². The van der Waals surface area contributed by atoms with Crippen molar-refractivity contribution < 1.29 is 4.79 Å². The van der Waals surface area contributed by atoms with E-state index in [0.717, 1.165) is 24.1 Å². The third kappa shape index (κ3) is 4.46. The molecule has 0 radical (unpaired) electrons. The van der Waals surface area contributed by atoms with E-state index in [0.29, 0.717) is 19.1 Å². The van der Waals surface area contributed by atoms with E-state index in [1.54, 1.807) is 0 Å². The molecule has 0 aliphatic heterocycles. The van der Waals surface area contributed by atoms with Crippen LogP contribution in [0.15, 0.2) is 24.3 Å². The molecular formula is C17H27N3O. The Hall–Kier alpha value is -1.55. The van der Waals surface area contributed by atoms with Gasteiger partial charge in [-0.2, -0.15) is 0 Å². The summed E-state index contributed by atoms with van der Waals surface area (Å²) in [7, 11) is 0. The number of hydrogen-bond acceptors (Lipinski definition) is 3. The number of amides is 1. The minimum absolute atomic E-state index is 0.124. The third-order valence-corrected chi connectivity index (χ3v) is 4.16. The van der Waals surface area contributed by atoms with Gasteiger partial charge in [-0.25, -0.2) is 0 Å². The number of nitrogens with one attached hydrogen (secondary N) is 1. The van der Waals surface area contributed by atoms with Gasteiger partial charge in [-0.05, 0) is 44.4 Å². The van der Waals surface area contributed by atoms with Crippen LogP contribution in [0, 0.1) is 0 Å². The Balaban J connectivity index is 1.98. The lowest BCUT2D eigenvalue weighted by Crippen LogP contribution is -2.43. The minimum Gasteiger partial charge on any atom is -0.360 e. The average molecular weight is 289 g/mol. The van der Waals surface area contributed by atoms with Gasteiger partial charge in [0.2, 0.25) is 5.91 Å². The van der Waals surface area contributed by atoms with Crippen molar-refractivity contribution in [2.45, 2.75) is 58.2 Å². The molecule has 1 aliphatic rings. The van der Waals surface area contributed by atoms with Crippen LogP contribution in [0.1, 0.15) is 45.1 Å². The first-order valence-corrected chi connectivity index (χ1v) is 7.95. The molecule has 0 unspecified atom stereocenters. The molecule has 1 aliphatic carbocycles. The number of carbonyl (C=O) groups excluding carboxylic acids is 1. The first-order valence-electron chi connectivity index (χ1n) is 7.95. The summed E-state index contributed by atoms with van der Waals surface area (Å²) < 4.78 is 0. The van der Waals surface area contributed by atoms with E-state index >= 15 is 0 Å². The van der Waals surface area contributed by atoms with E-state index < -0.39 is 0 Å². The van der Waals surface area contributed by atoms with Crippen molar-refractivity contribution in [3.05, 3.63) is 29.8 Å². The van der Waals surface area contributed by atoms with Gasteiger partial charge in [-0.3, -0.25) is 4.79 Å². The second-order valence-electron chi connectivity index (χ2n) is 6.14. The van der Waals surface area contributed by atoms with Gasteiger partial charge in [0, 0.05) is 24.3 Å². The SMILES string of the molecule is CC(C)N(CC(=O)NC1CCCC1)c1ccc(CN)cc1. The first-order chi connectivity index (χ1) is 10.1. The zero-order valence-electron chi connectivity index (χ0n) is 13.1. The maximum absolute atomic E-state index is 12.2. The monoisotopic (exact) mass is 289 g/mol. The molecule has 3 N–H and O–H groups in total. The Morgan fingerprint density at radius 1 is 1.29 bits per heavy atom. The molecule has 2 rings (SSSR count). The topological polar surface area (TPSA) is 58.4 Å². The summed E-state index contributed by atoms with van der Waals surface area (Å²) in [5.74, 6) is 0.124. The van der Waals surface area contributed by atoms with E-state index in [1.165, 1.54) is 12.8 Å². The zero-order valence-corrected chi connectivity index (χ0v) is 13.1. The van der Waals surface area contributed by atoms with Crippen molar-refractivity contribution in [2.75, 3.05) is 11.4 Å². The Labute approximate surface area is 127 Å². The molecule has 4 nitrogen and oxygen atoms in total. The van der Waals surface area contributed by atoms with Gasteiger partial charge in [-0.1, -0.05) is 25.0 Å². The second-order valence-corrected chi connectivity index (χ2v) is 6.14. The quantitative estimate of drug-likeness (QED) is 0.845. The average Bonchev–Trinajstić information content (AvgIpc) is 2.97. The maximum Gasteiger partial charge on any atom is 0.239 e. The van der Waals surface area contributed by atoms with Gasteiger partial charge in [0.1, 0.15) is 0 Å². The summed E-state index contributed by atoms with van der Waals surface area (Å²) in [6, 6.07) is 8.81. The predicted molar refractivity (Wildman–Crippen MR) is 87.2 cm³/mol.